The lowest BCUT2D eigenvalue weighted by atomic mass is 10.2. The molecule has 0 bridgehead atoms. The van der Waals surface area contributed by atoms with Crippen molar-refractivity contribution in [3.05, 3.63) is 24.3 Å². The van der Waals surface area contributed by atoms with Crippen molar-refractivity contribution in [2.75, 3.05) is 37.7 Å². The molecule has 128 valence electrons. The summed E-state index contributed by atoms with van der Waals surface area (Å²) in [5.41, 5.74) is 0.644. The van der Waals surface area contributed by atoms with Crippen molar-refractivity contribution in [1.82, 2.24) is 4.90 Å². The van der Waals surface area contributed by atoms with Gasteiger partial charge in [0.25, 0.3) is 0 Å². The monoisotopic (exact) mass is 320 g/mol. The molecule has 1 fully saturated rings. The second kappa shape index (κ2) is 7.57. The number of benzene rings is 1. The first-order valence-corrected chi connectivity index (χ1v) is 8.35. The lowest BCUT2D eigenvalue weighted by Crippen LogP contribution is -2.39. The van der Waals surface area contributed by atoms with Gasteiger partial charge in [-0.05, 0) is 46.2 Å². The number of rotatable bonds is 3. The van der Waals surface area contributed by atoms with Crippen LogP contribution in [0.2, 0.25) is 0 Å². The van der Waals surface area contributed by atoms with Crippen molar-refractivity contribution in [3.63, 3.8) is 0 Å². The Bertz CT molecular complexity index is 525. The quantitative estimate of drug-likeness (QED) is 0.854. The maximum atomic E-state index is 12.2. The van der Waals surface area contributed by atoms with Crippen molar-refractivity contribution >= 4 is 11.8 Å². The Labute approximate surface area is 139 Å². The number of hydrogen-bond acceptors (Lipinski definition) is 4. The Morgan fingerprint density at radius 1 is 1.13 bits per heavy atom. The van der Waals surface area contributed by atoms with Gasteiger partial charge >= 0.3 is 6.09 Å². The third-order valence-corrected chi connectivity index (χ3v) is 3.65. The van der Waals surface area contributed by atoms with Gasteiger partial charge in [0.15, 0.2) is 0 Å². The van der Waals surface area contributed by atoms with Crippen LogP contribution in [0.5, 0.6) is 5.75 Å². The minimum Gasteiger partial charge on any atom is -0.492 e. The molecule has 0 unspecified atom stereocenters. The van der Waals surface area contributed by atoms with Crippen molar-refractivity contribution in [2.45, 2.75) is 39.7 Å². The third-order valence-electron chi connectivity index (χ3n) is 3.65. The first-order chi connectivity index (χ1) is 10.9. The van der Waals surface area contributed by atoms with Crippen molar-refractivity contribution in [3.8, 4) is 5.75 Å². The summed E-state index contributed by atoms with van der Waals surface area (Å²) in [6.45, 7) is 11.4. The summed E-state index contributed by atoms with van der Waals surface area (Å²) in [6.07, 6.45) is 0.692. The van der Waals surface area contributed by atoms with Gasteiger partial charge in [0.1, 0.15) is 11.4 Å². The van der Waals surface area contributed by atoms with Crippen LogP contribution in [0.4, 0.5) is 10.5 Å². The summed E-state index contributed by atoms with van der Waals surface area (Å²) in [6, 6.07) is 8.08. The number of amides is 1. The molecule has 5 heteroatoms. The minimum atomic E-state index is -0.454. The van der Waals surface area contributed by atoms with Crippen molar-refractivity contribution in [1.29, 1.82) is 0 Å². The highest BCUT2D eigenvalue weighted by Crippen LogP contribution is 2.29. The van der Waals surface area contributed by atoms with E-state index in [4.69, 9.17) is 9.47 Å². The van der Waals surface area contributed by atoms with Gasteiger partial charge in [-0.25, -0.2) is 4.79 Å². The highest BCUT2D eigenvalue weighted by atomic mass is 16.6. The van der Waals surface area contributed by atoms with E-state index in [0.29, 0.717) is 13.2 Å². The number of anilines is 1. The SMILES string of the molecule is CCOc1ccccc1N1CCCN(C(=O)OC(C)(C)C)CC1. The molecule has 0 radical (unpaired) electrons. The maximum absolute atomic E-state index is 12.2. The number of hydrogen-bond donors (Lipinski definition) is 0. The molecule has 0 aliphatic carbocycles. The number of ether oxygens (including phenoxy) is 2. The first-order valence-electron chi connectivity index (χ1n) is 8.35. The molecule has 5 nitrogen and oxygen atoms in total. The molecule has 0 spiro atoms. The predicted molar refractivity (Wildman–Crippen MR) is 92.2 cm³/mol. The number of para-hydroxylation sites is 2. The molecule has 1 saturated heterocycles. The molecular weight excluding hydrogens is 292 g/mol. The first kappa shape index (κ1) is 17.4. The zero-order valence-electron chi connectivity index (χ0n) is 14.7. The highest BCUT2D eigenvalue weighted by Gasteiger charge is 2.25. The third kappa shape index (κ3) is 5.05. The molecule has 1 heterocycles. The number of nitrogens with zero attached hydrogens (tertiary/aromatic N) is 2. The van der Waals surface area contributed by atoms with E-state index in [-0.39, 0.29) is 6.09 Å². The molecule has 0 saturated carbocycles. The predicted octanol–water partition coefficient (Wildman–Crippen LogP) is 3.53. The highest BCUT2D eigenvalue weighted by molar-refractivity contribution is 5.68. The zero-order valence-corrected chi connectivity index (χ0v) is 14.7. The molecule has 0 atom stereocenters. The van der Waals surface area contributed by atoms with E-state index >= 15 is 0 Å². The van der Waals surface area contributed by atoms with Crippen LogP contribution in [0.25, 0.3) is 0 Å². The zero-order chi connectivity index (χ0) is 16.9. The van der Waals surface area contributed by atoms with Gasteiger partial charge in [-0.2, -0.15) is 0 Å². The summed E-state index contributed by atoms with van der Waals surface area (Å²) in [5, 5.41) is 0. The Kier molecular flexibility index (Phi) is 5.74. The van der Waals surface area contributed by atoms with Crippen LogP contribution in [0.3, 0.4) is 0 Å². The van der Waals surface area contributed by atoms with Gasteiger partial charge in [-0.1, -0.05) is 12.1 Å². The van der Waals surface area contributed by atoms with Crippen LogP contribution >= 0.6 is 0 Å². The maximum Gasteiger partial charge on any atom is 0.410 e. The Morgan fingerprint density at radius 2 is 1.87 bits per heavy atom. The van der Waals surface area contributed by atoms with E-state index in [2.05, 4.69) is 11.0 Å². The summed E-state index contributed by atoms with van der Waals surface area (Å²) in [4.78, 5) is 16.3. The van der Waals surface area contributed by atoms with Gasteiger partial charge in [-0.15, -0.1) is 0 Å². The average Bonchev–Trinajstić information content (AvgIpc) is 2.72. The molecule has 1 aromatic carbocycles. The Morgan fingerprint density at radius 3 is 2.57 bits per heavy atom. The lowest BCUT2D eigenvalue weighted by molar-refractivity contribution is 0.0263. The van der Waals surface area contributed by atoms with Crippen molar-refractivity contribution < 1.29 is 14.3 Å². The van der Waals surface area contributed by atoms with Gasteiger partial charge in [0.05, 0.1) is 12.3 Å². The van der Waals surface area contributed by atoms with E-state index in [1.54, 1.807) is 4.90 Å². The summed E-state index contributed by atoms with van der Waals surface area (Å²) in [7, 11) is 0. The molecule has 1 aromatic rings. The molecule has 1 amide bonds. The van der Waals surface area contributed by atoms with Gasteiger partial charge in [0, 0.05) is 26.2 Å². The van der Waals surface area contributed by atoms with Gasteiger partial charge in [-0.3, -0.25) is 0 Å². The second-order valence-electron chi connectivity index (χ2n) is 6.71. The Balaban J connectivity index is 2.03. The van der Waals surface area contributed by atoms with E-state index in [1.807, 2.05) is 45.9 Å². The average molecular weight is 320 g/mol. The van der Waals surface area contributed by atoms with Crippen molar-refractivity contribution in [2.24, 2.45) is 0 Å². The smallest absolute Gasteiger partial charge is 0.410 e. The molecular formula is C18H28N2O3. The summed E-state index contributed by atoms with van der Waals surface area (Å²) in [5.74, 6) is 0.903. The van der Waals surface area contributed by atoms with Crippen LogP contribution in [0.15, 0.2) is 24.3 Å². The van der Waals surface area contributed by atoms with Gasteiger partial charge in [0.2, 0.25) is 0 Å². The second-order valence-corrected chi connectivity index (χ2v) is 6.71. The molecule has 0 N–H and O–H groups in total. The number of carbonyl (C=O) groups excluding carboxylic acids is 1. The van der Waals surface area contributed by atoms with Crippen LogP contribution in [0.1, 0.15) is 34.1 Å². The summed E-state index contributed by atoms with van der Waals surface area (Å²) < 4.78 is 11.2. The fourth-order valence-corrected chi connectivity index (χ4v) is 2.66. The fraction of sp³-hybridized carbons (Fsp3) is 0.611. The molecule has 2 rings (SSSR count). The minimum absolute atomic E-state index is 0.225. The fourth-order valence-electron chi connectivity index (χ4n) is 2.66. The number of carbonyl (C=O) groups is 1. The Hall–Kier alpha value is -1.91. The molecule has 23 heavy (non-hydrogen) atoms. The standard InChI is InChI=1S/C18H28N2O3/c1-5-22-16-10-7-6-9-15(16)19-11-8-12-20(14-13-19)17(21)23-18(2,3)4/h6-7,9-10H,5,8,11-14H2,1-4H3. The molecule has 1 aliphatic rings. The van der Waals surface area contributed by atoms with E-state index in [0.717, 1.165) is 37.5 Å². The largest absolute Gasteiger partial charge is 0.492 e. The molecule has 0 aromatic heterocycles. The van der Waals surface area contributed by atoms with Crippen LogP contribution < -0.4 is 9.64 Å². The van der Waals surface area contributed by atoms with Crippen LogP contribution in [0, 0.1) is 0 Å². The van der Waals surface area contributed by atoms with E-state index in [1.165, 1.54) is 0 Å². The van der Waals surface area contributed by atoms with Crippen LogP contribution in [-0.4, -0.2) is 49.4 Å². The van der Waals surface area contributed by atoms with Gasteiger partial charge < -0.3 is 19.3 Å². The van der Waals surface area contributed by atoms with E-state index in [9.17, 15) is 4.79 Å². The normalized spacial score (nSPS) is 16.0. The summed E-state index contributed by atoms with van der Waals surface area (Å²) >= 11 is 0. The lowest BCUT2D eigenvalue weighted by Gasteiger charge is -2.27. The topological polar surface area (TPSA) is 42.0 Å². The van der Waals surface area contributed by atoms with E-state index < -0.39 is 5.60 Å². The molecule has 1 aliphatic heterocycles. The van der Waals surface area contributed by atoms with Crippen LogP contribution in [-0.2, 0) is 4.74 Å².